The number of hydrogen-bond donors (Lipinski definition) is 0. The molecule has 138 valence electrons. The fraction of sp³-hybridized carbons (Fsp3) is 0.263. The van der Waals surface area contributed by atoms with Crippen LogP contribution in [0, 0.1) is 0 Å². The molecule has 0 atom stereocenters. The minimum atomic E-state index is -0.160. The minimum absolute atomic E-state index is 0.160. The Morgan fingerprint density at radius 1 is 1.30 bits per heavy atom. The van der Waals surface area contributed by atoms with E-state index < -0.39 is 0 Å². The van der Waals surface area contributed by atoms with Crippen LogP contribution in [-0.4, -0.2) is 30.4 Å². The number of aromatic nitrogens is 4. The number of thiophene rings is 1. The second-order valence-corrected chi connectivity index (χ2v) is 7.54. The molecule has 4 rings (SSSR count). The molecule has 0 fully saturated rings. The summed E-state index contributed by atoms with van der Waals surface area (Å²) in [4.78, 5) is 24.7. The van der Waals surface area contributed by atoms with Gasteiger partial charge in [0.1, 0.15) is 17.8 Å². The summed E-state index contributed by atoms with van der Waals surface area (Å²) >= 11 is 1.62. The van der Waals surface area contributed by atoms with E-state index in [4.69, 9.17) is 4.42 Å². The molecule has 0 aliphatic carbocycles. The van der Waals surface area contributed by atoms with Gasteiger partial charge in [0.25, 0.3) is 11.7 Å². The molecule has 0 spiro atoms. The van der Waals surface area contributed by atoms with E-state index in [0.717, 1.165) is 16.3 Å². The van der Waals surface area contributed by atoms with Gasteiger partial charge >= 0.3 is 0 Å². The third-order valence-corrected chi connectivity index (χ3v) is 5.09. The maximum absolute atomic E-state index is 13.3. The zero-order valence-corrected chi connectivity index (χ0v) is 15.9. The van der Waals surface area contributed by atoms with Gasteiger partial charge in [-0.25, -0.2) is 9.50 Å². The largest absolute Gasteiger partial charge is 0.467 e. The van der Waals surface area contributed by atoms with E-state index in [1.165, 1.54) is 6.33 Å². The lowest BCUT2D eigenvalue weighted by atomic mass is 10.1. The Labute approximate surface area is 160 Å². The van der Waals surface area contributed by atoms with Crippen LogP contribution in [0.3, 0.4) is 0 Å². The fourth-order valence-corrected chi connectivity index (χ4v) is 3.62. The van der Waals surface area contributed by atoms with E-state index in [1.807, 2.05) is 29.6 Å². The zero-order valence-electron chi connectivity index (χ0n) is 15.1. The summed E-state index contributed by atoms with van der Waals surface area (Å²) in [7, 11) is 0. The summed E-state index contributed by atoms with van der Waals surface area (Å²) in [5, 5.41) is 6.21. The van der Waals surface area contributed by atoms with Crippen molar-refractivity contribution in [3.05, 3.63) is 70.3 Å². The molecule has 4 aromatic heterocycles. The Morgan fingerprint density at radius 3 is 2.89 bits per heavy atom. The molecule has 4 heterocycles. The Balaban J connectivity index is 1.70. The highest BCUT2D eigenvalue weighted by atomic mass is 32.1. The van der Waals surface area contributed by atoms with E-state index in [0.29, 0.717) is 24.6 Å². The predicted molar refractivity (Wildman–Crippen MR) is 101 cm³/mol. The van der Waals surface area contributed by atoms with E-state index in [2.05, 4.69) is 28.9 Å². The molecule has 0 N–H and O–H groups in total. The number of amides is 1. The van der Waals surface area contributed by atoms with Crippen LogP contribution < -0.4 is 0 Å². The number of rotatable bonds is 6. The monoisotopic (exact) mass is 381 g/mol. The maximum Gasteiger partial charge on any atom is 0.273 e. The summed E-state index contributed by atoms with van der Waals surface area (Å²) in [5.41, 5.74) is 1.26. The first-order valence-electron chi connectivity index (χ1n) is 8.66. The molecule has 0 saturated heterocycles. The van der Waals surface area contributed by atoms with Crippen molar-refractivity contribution in [2.45, 2.75) is 32.9 Å². The van der Waals surface area contributed by atoms with Gasteiger partial charge in [-0.2, -0.15) is 10.1 Å². The molecule has 27 heavy (non-hydrogen) atoms. The Bertz CT molecular complexity index is 1000. The molecule has 7 nitrogen and oxygen atoms in total. The zero-order chi connectivity index (χ0) is 18.8. The van der Waals surface area contributed by atoms with Crippen LogP contribution in [0.5, 0.6) is 0 Å². The van der Waals surface area contributed by atoms with Gasteiger partial charge < -0.3 is 9.32 Å². The summed E-state index contributed by atoms with van der Waals surface area (Å²) in [6, 6.07) is 9.48. The molecule has 0 radical (unpaired) electrons. The lowest BCUT2D eigenvalue weighted by Gasteiger charge is -2.21. The number of carbonyl (C=O) groups excluding carboxylic acids is 1. The van der Waals surface area contributed by atoms with Gasteiger partial charge in [0.05, 0.1) is 25.0 Å². The van der Waals surface area contributed by atoms with Crippen LogP contribution in [-0.2, 0) is 13.1 Å². The summed E-state index contributed by atoms with van der Waals surface area (Å²) in [5.74, 6) is 1.18. The first kappa shape index (κ1) is 17.4. The number of fused-ring (bicyclic) bond motifs is 1. The van der Waals surface area contributed by atoms with Gasteiger partial charge in [0.15, 0.2) is 0 Å². The van der Waals surface area contributed by atoms with Crippen molar-refractivity contribution in [2.75, 3.05) is 0 Å². The number of hydrogen-bond acceptors (Lipinski definition) is 6. The summed E-state index contributed by atoms with van der Waals surface area (Å²) in [6.45, 7) is 4.97. The van der Waals surface area contributed by atoms with Crippen LogP contribution in [0.1, 0.15) is 46.6 Å². The normalized spacial score (nSPS) is 11.4. The minimum Gasteiger partial charge on any atom is -0.467 e. The molecule has 4 aromatic rings. The number of carbonyl (C=O) groups is 1. The third kappa shape index (κ3) is 3.61. The number of furan rings is 1. The number of nitrogens with zero attached hydrogens (tertiary/aromatic N) is 5. The molecule has 0 bridgehead atoms. The third-order valence-electron chi connectivity index (χ3n) is 4.23. The van der Waals surface area contributed by atoms with Gasteiger partial charge in [0.2, 0.25) is 0 Å². The van der Waals surface area contributed by atoms with Crippen LogP contribution in [0.2, 0.25) is 0 Å². The molecule has 0 aliphatic rings. The summed E-state index contributed by atoms with van der Waals surface area (Å²) in [6.07, 6.45) is 3.06. The second kappa shape index (κ2) is 7.32. The van der Waals surface area contributed by atoms with Gasteiger partial charge in [-0.3, -0.25) is 4.79 Å². The molecular weight excluding hydrogens is 362 g/mol. The molecule has 8 heteroatoms. The Kier molecular flexibility index (Phi) is 4.72. The van der Waals surface area contributed by atoms with Crippen LogP contribution >= 0.6 is 11.3 Å². The van der Waals surface area contributed by atoms with E-state index in [1.54, 1.807) is 33.1 Å². The highest BCUT2D eigenvalue weighted by molar-refractivity contribution is 7.09. The molecular formula is C19H19N5O2S. The van der Waals surface area contributed by atoms with Crippen molar-refractivity contribution in [3.8, 4) is 0 Å². The molecule has 0 aliphatic heterocycles. The van der Waals surface area contributed by atoms with Gasteiger partial charge in [-0.1, -0.05) is 19.9 Å². The van der Waals surface area contributed by atoms with Crippen molar-refractivity contribution in [2.24, 2.45) is 0 Å². The topological polar surface area (TPSA) is 76.5 Å². The SMILES string of the molecule is CC(C)c1cc(C(=O)N(Cc2ccco2)Cc2cccs2)nc2ncnn12. The standard InChI is InChI=1S/C19H19N5O2S/c1-13(2)17-9-16(22-19-20-12-21-24(17)19)18(25)23(10-14-5-3-7-26-14)11-15-6-4-8-27-15/h3-9,12-13H,10-11H2,1-2H3. The van der Waals surface area contributed by atoms with Crippen molar-refractivity contribution in [1.82, 2.24) is 24.5 Å². The van der Waals surface area contributed by atoms with Crippen LogP contribution in [0.25, 0.3) is 5.78 Å². The van der Waals surface area contributed by atoms with E-state index in [-0.39, 0.29) is 11.8 Å². The molecule has 0 saturated carbocycles. The maximum atomic E-state index is 13.3. The Hall–Kier alpha value is -3.00. The van der Waals surface area contributed by atoms with Gasteiger partial charge in [-0.05, 0) is 35.6 Å². The van der Waals surface area contributed by atoms with Crippen molar-refractivity contribution >= 4 is 23.0 Å². The fourth-order valence-electron chi connectivity index (χ4n) is 2.90. The first-order valence-corrected chi connectivity index (χ1v) is 9.54. The second-order valence-electron chi connectivity index (χ2n) is 6.51. The molecule has 0 aromatic carbocycles. The van der Waals surface area contributed by atoms with Crippen LogP contribution in [0.4, 0.5) is 0 Å². The predicted octanol–water partition coefficient (Wildman–Crippen LogP) is 3.74. The Morgan fingerprint density at radius 2 is 2.19 bits per heavy atom. The average molecular weight is 381 g/mol. The molecule has 0 unspecified atom stereocenters. The smallest absolute Gasteiger partial charge is 0.273 e. The first-order chi connectivity index (χ1) is 13.1. The molecule has 1 amide bonds. The summed E-state index contributed by atoms with van der Waals surface area (Å²) < 4.78 is 7.13. The highest BCUT2D eigenvalue weighted by Gasteiger charge is 2.22. The van der Waals surface area contributed by atoms with Gasteiger partial charge in [-0.15, -0.1) is 11.3 Å². The van der Waals surface area contributed by atoms with Crippen molar-refractivity contribution < 1.29 is 9.21 Å². The van der Waals surface area contributed by atoms with Gasteiger partial charge in [0, 0.05) is 4.88 Å². The van der Waals surface area contributed by atoms with E-state index >= 15 is 0 Å². The van der Waals surface area contributed by atoms with Crippen molar-refractivity contribution in [1.29, 1.82) is 0 Å². The average Bonchev–Trinajstić information content (AvgIpc) is 3.41. The quantitative estimate of drug-likeness (QED) is 0.508. The lowest BCUT2D eigenvalue weighted by Crippen LogP contribution is -2.31. The lowest BCUT2D eigenvalue weighted by molar-refractivity contribution is 0.0713. The van der Waals surface area contributed by atoms with Crippen LogP contribution in [0.15, 0.2) is 52.7 Å². The van der Waals surface area contributed by atoms with Crippen molar-refractivity contribution in [3.63, 3.8) is 0 Å². The highest BCUT2D eigenvalue weighted by Crippen LogP contribution is 2.20. The van der Waals surface area contributed by atoms with E-state index in [9.17, 15) is 4.79 Å².